The summed E-state index contributed by atoms with van der Waals surface area (Å²) in [6, 6.07) is 7.49. The molecule has 1 heterocycles. The number of ether oxygens (including phenoxy) is 1. The molecule has 0 saturated heterocycles. The van der Waals surface area contributed by atoms with Gasteiger partial charge in [0.25, 0.3) is 5.91 Å². The van der Waals surface area contributed by atoms with Crippen molar-refractivity contribution in [2.75, 3.05) is 5.32 Å². The molecule has 0 fully saturated rings. The zero-order valence-electron chi connectivity index (χ0n) is 14.0. The minimum Gasteiger partial charge on any atom is -0.448 e. The summed E-state index contributed by atoms with van der Waals surface area (Å²) in [4.78, 5) is 35.2. The largest absolute Gasteiger partial charge is 0.448 e. The highest BCUT2D eigenvalue weighted by atomic mass is 16.5. The normalized spacial score (nSPS) is 15.3. The summed E-state index contributed by atoms with van der Waals surface area (Å²) in [5.41, 5.74) is 4.03. The van der Waals surface area contributed by atoms with Gasteiger partial charge in [0.05, 0.1) is 0 Å². The van der Waals surface area contributed by atoms with Crippen molar-refractivity contribution in [2.24, 2.45) is 5.10 Å². The molecule has 24 heavy (non-hydrogen) atoms. The predicted octanol–water partition coefficient (Wildman–Crippen LogP) is 1.95. The highest BCUT2D eigenvalue weighted by Crippen LogP contribution is 2.23. The van der Waals surface area contributed by atoms with Crippen LogP contribution in [0, 0.1) is 0 Å². The Hall–Kier alpha value is -2.70. The Morgan fingerprint density at radius 3 is 2.54 bits per heavy atom. The highest BCUT2D eigenvalue weighted by Gasteiger charge is 2.24. The summed E-state index contributed by atoms with van der Waals surface area (Å²) < 4.78 is 5.13. The molecule has 1 aliphatic rings. The minimum absolute atomic E-state index is 0.108. The van der Waals surface area contributed by atoms with Gasteiger partial charge in [-0.05, 0) is 24.5 Å². The van der Waals surface area contributed by atoms with Crippen LogP contribution in [0.3, 0.4) is 0 Å². The van der Waals surface area contributed by atoms with E-state index in [1.54, 1.807) is 0 Å². The predicted molar refractivity (Wildman–Crippen MR) is 89.5 cm³/mol. The van der Waals surface area contributed by atoms with Crippen molar-refractivity contribution in [1.29, 1.82) is 0 Å². The van der Waals surface area contributed by atoms with Crippen LogP contribution < -0.4 is 10.7 Å². The topological polar surface area (TPSA) is 96.9 Å². The quantitative estimate of drug-likeness (QED) is 0.806. The van der Waals surface area contributed by atoms with Gasteiger partial charge in [0.15, 0.2) is 6.10 Å². The van der Waals surface area contributed by atoms with E-state index in [2.05, 4.69) is 15.8 Å². The Morgan fingerprint density at radius 2 is 1.92 bits per heavy atom. The fourth-order valence-electron chi connectivity index (χ4n) is 2.25. The first kappa shape index (κ1) is 17.7. The lowest BCUT2D eigenvalue weighted by atomic mass is 10.0. The van der Waals surface area contributed by atoms with E-state index in [4.69, 9.17) is 4.74 Å². The number of rotatable bonds is 5. The Bertz CT molecular complexity index is 682. The van der Waals surface area contributed by atoms with Crippen LogP contribution in [-0.4, -0.2) is 29.6 Å². The summed E-state index contributed by atoms with van der Waals surface area (Å²) in [5.74, 6) is -1.12. The van der Waals surface area contributed by atoms with Crippen LogP contribution in [0.15, 0.2) is 29.4 Å². The van der Waals surface area contributed by atoms with Crippen LogP contribution in [0.5, 0.6) is 0 Å². The molecular weight excluding hydrogens is 310 g/mol. The smallest absolute Gasteiger partial charge is 0.355 e. The van der Waals surface area contributed by atoms with Crippen LogP contribution in [-0.2, 0) is 19.1 Å². The van der Waals surface area contributed by atoms with E-state index < -0.39 is 18.0 Å². The lowest BCUT2D eigenvalue weighted by Gasteiger charge is -2.18. The second-order valence-electron chi connectivity index (χ2n) is 5.87. The fourth-order valence-corrected chi connectivity index (χ4v) is 2.25. The summed E-state index contributed by atoms with van der Waals surface area (Å²) in [6.45, 7) is 5.56. The molecule has 7 nitrogen and oxygen atoms in total. The van der Waals surface area contributed by atoms with Gasteiger partial charge < -0.3 is 10.1 Å². The lowest BCUT2D eigenvalue weighted by Crippen LogP contribution is -2.35. The van der Waals surface area contributed by atoms with E-state index in [9.17, 15) is 14.4 Å². The maximum absolute atomic E-state index is 12.3. The molecule has 0 aromatic heterocycles. The average molecular weight is 331 g/mol. The molecule has 128 valence electrons. The van der Waals surface area contributed by atoms with E-state index >= 15 is 0 Å². The first-order valence-corrected chi connectivity index (χ1v) is 7.84. The van der Waals surface area contributed by atoms with Crippen molar-refractivity contribution in [3.8, 4) is 0 Å². The zero-order chi connectivity index (χ0) is 17.7. The molecule has 1 aromatic rings. The summed E-state index contributed by atoms with van der Waals surface area (Å²) in [6.07, 6.45) is -0.594. The van der Waals surface area contributed by atoms with Crippen molar-refractivity contribution < 1.29 is 19.1 Å². The first-order valence-electron chi connectivity index (χ1n) is 7.84. The number of para-hydroxylation sites is 1. The molecular formula is C17H21N3O4. The molecule has 1 aromatic carbocycles. The van der Waals surface area contributed by atoms with E-state index in [1.807, 2.05) is 38.1 Å². The average Bonchev–Trinajstić information content (AvgIpc) is 2.55. The second-order valence-corrected chi connectivity index (χ2v) is 5.87. The first-order chi connectivity index (χ1) is 11.4. The van der Waals surface area contributed by atoms with Crippen molar-refractivity contribution in [1.82, 2.24) is 5.43 Å². The third kappa shape index (κ3) is 4.41. The maximum atomic E-state index is 12.3. The summed E-state index contributed by atoms with van der Waals surface area (Å²) in [7, 11) is 0. The number of esters is 1. The molecule has 0 radical (unpaired) electrons. The van der Waals surface area contributed by atoms with Crippen LogP contribution in [0.4, 0.5) is 5.69 Å². The standard InChI is InChI=1S/C17H21N3O4/c1-10(2)12-6-4-5-7-13(12)18-16(22)11(3)24-17(23)14-8-9-15(21)20-19-14/h4-7,10-11H,8-9H2,1-3H3,(H,18,22)(H,20,21)/t11-/m1/s1. The molecule has 1 atom stereocenters. The second kappa shape index (κ2) is 7.72. The van der Waals surface area contributed by atoms with Crippen LogP contribution in [0.25, 0.3) is 0 Å². The van der Waals surface area contributed by atoms with Gasteiger partial charge in [-0.15, -0.1) is 0 Å². The number of carbonyl (C=O) groups is 3. The molecule has 2 N–H and O–H groups in total. The van der Waals surface area contributed by atoms with Gasteiger partial charge in [-0.2, -0.15) is 5.10 Å². The number of hydrazone groups is 1. The molecule has 1 aliphatic heterocycles. The molecule has 0 bridgehead atoms. The van der Waals surface area contributed by atoms with Gasteiger partial charge in [0.2, 0.25) is 5.91 Å². The number of benzene rings is 1. The number of hydrogen-bond donors (Lipinski definition) is 2. The maximum Gasteiger partial charge on any atom is 0.355 e. The molecule has 7 heteroatoms. The van der Waals surface area contributed by atoms with Gasteiger partial charge in [-0.1, -0.05) is 32.0 Å². The van der Waals surface area contributed by atoms with Gasteiger partial charge in [-0.3, -0.25) is 9.59 Å². The van der Waals surface area contributed by atoms with E-state index in [0.717, 1.165) is 5.56 Å². The van der Waals surface area contributed by atoms with Crippen molar-refractivity contribution in [2.45, 2.75) is 45.6 Å². The fraction of sp³-hybridized carbons (Fsp3) is 0.412. The Kier molecular flexibility index (Phi) is 5.68. The van der Waals surface area contributed by atoms with Crippen molar-refractivity contribution in [3.05, 3.63) is 29.8 Å². The molecule has 2 amide bonds. The van der Waals surface area contributed by atoms with Crippen LogP contribution in [0.1, 0.15) is 45.1 Å². The van der Waals surface area contributed by atoms with E-state index in [0.29, 0.717) is 5.69 Å². The van der Waals surface area contributed by atoms with Crippen LogP contribution >= 0.6 is 0 Å². The van der Waals surface area contributed by atoms with Crippen molar-refractivity contribution in [3.63, 3.8) is 0 Å². The lowest BCUT2D eigenvalue weighted by molar-refractivity contribution is -0.146. The number of carbonyl (C=O) groups excluding carboxylic acids is 3. The number of nitrogens with one attached hydrogen (secondary N) is 2. The van der Waals surface area contributed by atoms with Gasteiger partial charge in [0.1, 0.15) is 5.71 Å². The molecule has 0 saturated carbocycles. The third-order valence-electron chi connectivity index (χ3n) is 3.63. The zero-order valence-corrected chi connectivity index (χ0v) is 14.0. The SMILES string of the molecule is CC(C)c1ccccc1NC(=O)[C@@H](C)OC(=O)C1=NNC(=O)CC1. The van der Waals surface area contributed by atoms with E-state index in [1.165, 1.54) is 6.92 Å². The van der Waals surface area contributed by atoms with Gasteiger partial charge in [0, 0.05) is 18.5 Å². The number of anilines is 1. The third-order valence-corrected chi connectivity index (χ3v) is 3.63. The monoisotopic (exact) mass is 331 g/mol. The summed E-state index contributed by atoms with van der Waals surface area (Å²) >= 11 is 0. The van der Waals surface area contributed by atoms with Crippen LogP contribution in [0.2, 0.25) is 0 Å². The number of hydrogen-bond acceptors (Lipinski definition) is 5. The highest BCUT2D eigenvalue weighted by molar-refractivity contribution is 6.37. The Labute approximate surface area is 140 Å². The minimum atomic E-state index is -0.974. The Morgan fingerprint density at radius 1 is 1.21 bits per heavy atom. The molecule has 0 aliphatic carbocycles. The van der Waals surface area contributed by atoms with Gasteiger partial charge >= 0.3 is 5.97 Å². The summed E-state index contributed by atoms with van der Waals surface area (Å²) in [5, 5.41) is 6.44. The Balaban J connectivity index is 1.98. The number of amides is 2. The van der Waals surface area contributed by atoms with E-state index in [-0.39, 0.29) is 30.4 Å². The van der Waals surface area contributed by atoms with Crippen molar-refractivity contribution >= 4 is 29.2 Å². The molecule has 2 rings (SSSR count). The number of nitrogens with zero attached hydrogens (tertiary/aromatic N) is 1. The van der Waals surface area contributed by atoms with Gasteiger partial charge in [-0.25, -0.2) is 10.2 Å². The molecule has 0 unspecified atom stereocenters. The molecule has 0 spiro atoms.